The zero-order valence-electron chi connectivity index (χ0n) is 12.3. The van der Waals surface area contributed by atoms with E-state index < -0.39 is 9.84 Å². The lowest BCUT2D eigenvalue weighted by atomic mass is 10.1. The van der Waals surface area contributed by atoms with E-state index >= 15 is 0 Å². The molecular formula is C16H16O5S. The largest absolute Gasteiger partial charge is 0.496 e. The van der Waals surface area contributed by atoms with Crippen molar-refractivity contribution in [2.24, 2.45) is 0 Å². The third-order valence-electron chi connectivity index (χ3n) is 3.09. The van der Waals surface area contributed by atoms with Crippen molar-refractivity contribution in [2.45, 2.75) is 11.5 Å². The summed E-state index contributed by atoms with van der Waals surface area (Å²) in [6, 6.07) is 11.2. The van der Waals surface area contributed by atoms with Gasteiger partial charge in [0.15, 0.2) is 9.84 Å². The number of rotatable bonds is 6. The highest BCUT2D eigenvalue weighted by Gasteiger charge is 2.08. The van der Waals surface area contributed by atoms with E-state index in [-0.39, 0.29) is 11.5 Å². The molecule has 0 saturated carbocycles. The predicted octanol–water partition coefficient (Wildman–Crippen LogP) is 2.49. The van der Waals surface area contributed by atoms with Crippen LogP contribution in [0.2, 0.25) is 0 Å². The molecule has 2 aromatic rings. The van der Waals surface area contributed by atoms with E-state index in [4.69, 9.17) is 9.47 Å². The van der Waals surface area contributed by atoms with Crippen LogP contribution in [0.1, 0.15) is 15.9 Å². The fraction of sp³-hybridized carbons (Fsp3) is 0.188. The fourth-order valence-electron chi connectivity index (χ4n) is 1.93. The Labute approximate surface area is 129 Å². The van der Waals surface area contributed by atoms with Crippen LogP contribution in [-0.4, -0.2) is 28.1 Å². The van der Waals surface area contributed by atoms with Crippen LogP contribution < -0.4 is 9.47 Å². The second-order valence-electron chi connectivity index (χ2n) is 4.72. The molecule has 0 spiro atoms. The molecule has 0 saturated heterocycles. The van der Waals surface area contributed by atoms with Crippen molar-refractivity contribution in [3.8, 4) is 11.5 Å². The van der Waals surface area contributed by atoms with E-state index in [1.165, 1.54) is 12.1 Å². The number of hydrogen-bond acceptors (Lipinski definition) is 5. The molecule has 0 fully saturated rings. The van der Waals surface area contributed by atoms with Gasteiger partial charge in [0.2, 0.25) is 0 Å². The molecule has 22 heavy (non-hydrogen) atoms. The molecule has 116 valence electrons. The molecule has 0 amide bonds. The van der Waals surface area contributed by atoms with E-state index in [0.29, 0.717) is 17.1 Å². The number of carbonyl (C=O) groups excluding carboxylic acids is 1. The van der Waals surface area contributed by atoms with Gasteiger partial charge >= 0.3 is 0 Å². The van der Waals surface area contributed by atoms with Crippen LogP contribution in [0.3, 0.4) is 0 Å². The van der Waals surface area contributed by atoms with Gasteiger partial charge in [-0.25, -0.2) is 8.42 Å². The maximum absolute atomic E-state index is 11.4. The zero-order chi connectivity index (χ0) is 16.2. The van der Waals surface area contributed by atoms with Gasteiger partial charge < -0.3 is 9.47 Å². The summed E-state index contributed by atoms with van der Waals surface area (Å²) in [4.78, 5) is 11.1. The van der Waals surface area contributed by atoms with Crippen molar-refractivity contribution in [3.05, 3.63) is 53.6 Å². The van der Waals surface area contributed by atoms with Gasteiger partial charge in [-0.1, -0.05) is 0 Å². The molecule has 5 nitrogen and oxygen atoms in total. The van der Waals surface area contributed by atoms with E-state index in [9.17, 15) is 13.2 Å². The van der Waals surface area contributed by atoms with Gasteiger partial charge in [0.25, 0.3) is 0 Å². The Morgan fingerprint density at radius 1 is 1.09 bits per heavy atom. The van der Waals surface area contributed by atoms with Crippen molar-refractivity contribution in [1.29, 1.82) is 0 Å². The maximum atomic E-state index is 11.4. The number of aldehydes is 1. The van der Waals surface area contributed by atoms with Gasteiger partial charge in [0, 0.05) is 17.4 Å². The quantitative estimate of drug-likeness (QED) is 0.765. The standard InChI is InChI=1S/C16H16O5S/c1-20-16-8-3-12(10-17)9-13(16)11-21-14-4-6-15(7-5-14)22(2,18)19/h3-10H,11H2,1-2H3. The van der Waals surface area contributed by atoms with Gasteiger partial charge in [0.1, 0.15) is 24.4 Å². The van der Waals surface area contributed by atoms with Crippen molar-refractivity contribution in [2.75, 3.05) is 13.4 Å². The second-order valence-corrected chi connectivity index (χ2v) is 6.74. The Kier molecular flexibility index (Phi) is 4.82. The van der Waals surface area contributed by atoms with E-state index in [1.54, 1.807) is 37.4 Å². The lowest BCUT2D eigenvalue weighted by Crippen LogP contribution is -2.01. The molecule has 2 aromatic carbocycles. The fourth-order valence-corrected chi connectivity index (χ4v) is 2.56. The molecule has 0 aliphatic carbocycles. The molecule has 0 radical (unpaired) electrons. The minimum Gasteiger partial charge on any atom is -0.496 e. The molecule has 0 atom stereocenters. The first-order valence-electron chi connectivity index (χ1n) is 6.49. The summed E-state index contributed by atoms with van der Waals surface area (Å²) in [5.41, 5.74) is 1.27. The minimum absolute atomic E-state index is 0.211. The van der Waals surface area contributed by atoms with Gasteiger partial charge in [-0.15, -0.1) is 0 Å². The SMILES string of the molecule is COc1ccc(C=O)cc1COc1ccc(S(C)(=O)=O)cc1. The van der Waals surface area contributed by atoms with Crippen LogP contribution in [-0.2, 0) is 16.4 Å². The average molecular weight is 320 g/mol. The Morgan fingerprint density at radius 3 is 2.32 bits per heavy atom. The summed E-state index contributed by atoms with van der Waals surface area (Å²) in [5, 5.41) is 0. The summed E-state index contributed by atoms with van der Waals surface area (Å²) in [6.07, 6.45) is 1.91. The predicted molar refractivity (Wildman–Crippen MR) is 82.3 cm³/mol. The van der Waals surface area contributed by atoms with Crippen LogP contribution in [0.4, 0.5) is 0 Å². The molecule has 2 rings (SSSR count). The van der Waals surface area contributed by atoms with E-state index in [2.05, 4.69) is 0 Å². The molecule has 0 aliphatic rings. The molecule has 0 aromatic heterocycles. The van der Waals surface area contributed by atoms with Crippen molar-refractivity contribution >= 4 is 16.1 Å². The molecule has 0 bridgehead atoms. The van der Waals surface area contributed by atoms with Crippen LogP contribution in [0.15, 0.2) is 47.4 Å². The summed E-state index contributed by atoms with van der Waals surface area (Å²) in [5.74, 6) is 1.16. The number of hydrogen-bond donors (Lipinski definition) is 0. The van der Waals surface area contributed by atoms with Crippen molar-refractivity contribution in [3.63, 3.8) is 0 Å². The molecule has 0 unspecified atom stereocenters. The number of sulfone groups is 1. The first-order valence-corrected chi connectivity index (χ1v) is 8.38. The smallest absolute Gasteiger partial charge is 0.175 e. The summed E-state index contributed by atoms with van der Waals surface area (Å²) in [7, 11) is -1.68. The van der Waals surface area contributed by atoms with Crippen LogP contribution in [0.5, 0.6) is 11.5 Å². The third kappa shape index (κ3) is 3.85. The average Bonchev–Trinajstić information content (AvgIpc) is 2.52. The normalized spacial score (nSPS) is 11.0. The molecule has 0 N–H and O–H groups in total. The number of benzene rings is 2. The second kappa shape index (κ2) is 6.62. The number of methoxy groups -OCH3 is 1. The zero-order valence-corrected chi connectivity index (χ0v) is 13.1. The highest BCUT2D eigenvalue weighted by Crippen LogP contribution is 2.22. The monoisotopic (exact) mass is 320 g/mol. The highest BCUT2D eigenvalue weighted by atomic mass is 32.2. The van der Waals surface area contributed by atoms with Crippen molar-refractivity contribution in [1.82, 2.24) is 0 Å². The Bertz CT molecular complexity index is 764. The molecule has 0 aliphatic heterocycles. The van der Waals surface area contributed by atoms with E-state index in [0.717, 1.165) is 18.1 Å². The minimum atomic E-state index is -3.22. The number of carbonyl (C=O) groups is 1. The molecule has 0 heterocycles. The van der Waals surface area contributed by atoms with E-state index in [1.807, 2.05) is 0 Å². The Balaban J connectivity index is 2.14. The lowest BCUT2D eigenvalue weighted by molar-refractivity contribution is 0.112. The van der Waals surface area contributed by atoms with Crippen molar-refractivity contribution < 1.29 is 22.7 Å². The third-order valence-corrected chi connectivity index (χ3v) is 4.22. The first kappa shape index (κ1) is 16.0. The highest BCUT2D eigenvalue weighted by molar-refractivity contribution is 7.90. The summed E-state index contributed by atoms with van der Waals surface area (Å²) < 4.78 is 33.6. The Morgan fingerprint density at radius 2 is 1.77 bits per heavy atom. The topological polar surface area (TPSA) is 69.7 Å². The lowest BCUT2D eigenvalue weighted by Gasteiger charge is -2.11. The van der Waals surface area contributed by atoms with Crippen LogP contribution in [0, 0.1) is 0 Å². The van der Waals surface area contributed by atoms with Crippen LogP contribution in [0.25, 0.3) is 0 Å². The summed E-state index contributed by atoms with van der Waals surface area (Å²) >= 11 is 0. The first-order chi connectivity index (χ1) is 10.4. The van der Waals surface area contributed by atoms with Gasteiger partial charge in [-0.3, -0.25) is 4.79 Å². The molecular weight excluding hydrogens is 304 g/mol. The number of ether oxygens (including phenoxy) is 2. The Hall–Kier alpha value is -2.34. The summed E-state index contributed by atoms with van der Waals surface area (Å²) in [6.45, 7) is 0.211. The van der Waals surface area contributed by atoms with Crippen LogP contribution >= 0.6 is 0 Å². The maximum Gasteiger partial charge on any atom is 0.175 e. The molecule has 6 heteroatoms. The van der Waals surface area contributed by atoms with Gasteiger partial charge in [0.05, 0.1) is 12.0 Å². The van der Waals surface area contributed by atoms with Gasteiger partial charge in [-0.05, 0) is 42.5 Å². The van der Waals surface area contributed by atoms with Gasteiger partial charge in [-0.2, -0.15) is 0 Å².